The maximum atomic E-state index is 9.74. The summed E-state index contributed by atoms with van der Waals surface area (Å²) < 4.78 is 5.15. The number of phenols is 1. The minimum Gasteiger partial charge on any atom is -0.504 e. The van der Waals surface area contributed by atoms with Gasteiger partial charge in [-0.05, 0) is 62.3 Å². The SMILES string of the molecule is COc1cc(/C=N/Nc2cc(N3CCCCC3)nc(N3CCCCC3)n2)ccc1O. The molecule has 2 fully saturated rings. The van der Waals surface area contributed by atoms with Crippen molar-refractivity contribution in [2.45, 2.75) is 38.5 Å². The topological polar surface area (TPSA) is 86.1 Å². The molecule has 0 saturated carbocycles. The van der Waals surface area contributed by atoms with Gasteiger partial charge in [-0.15, -0.1) is 0 Å². The number of phenolic OH excluding ortho intramolecular Hbond substituents is 1. The normalized spacial score (nSPS) is 17.4. The molecular weight excluding hydrogens is 380 g/mol. The number of piperidine rings is 2. The van der Waals surface area contributed by atoms with Crippen LogP contribution in [0.25, 0.3) is 0 Å². The Kier molecular flexibility index (Phi) is 6.51. The lowest BCUT2D eigenvalue weighted by atomic mass is 10.1. The Hall–Kier alpha value is -3.03. The van der Waals surface area contributed by atoms with Crippen molar-refractivity contribution in [3.8, 4) is 11.5 Å². The van der Waals surface area contributed by atoms with E-state index < -0.39 is 0 Å². The number of anilines is 3. The van der Waals surface area contributed by atoms with E-state index in [4.69, 9.17) is 14.7 Å². The second-order valence-corrected chi connectivity index (χ2v) is 7.81. The molecule has 2 aliphatic rings. The number of methoxy groups -OCH3 is 1. The van der Waals surface area contributed by atoms with Gasteiger partial charge in [0, 0.05) is 32.2 Å². The molecule has 2 N–H and O–H groups in total. The van der Waals surface area contributed by atoms with Crippen LogP contribution in [0.3, 0.4) is 0 Å². The van der Waals surface area contributed by atoms with E-state index in [9.17, 15) is 5.11 Å². The predicted octanol–water partition coefficient (Wildman–Crippen LogP) is 3.62. The Morgan fingerprint density at radius 2 is 1.67 bits per heavy atom. The third-order valence-corrected chi connectivity index (χ3v) is 5.62. The minimum atomic E-state index is 0.107. The fourth-order valence-corrected chi connectivity index (χ4v) is 3.95. The molecule has 3 heterocycles. The maximum Gasteiger partial charge on any atom is 0.229 e. The lowest BCUT2D eigenvalue weighted by Gasteiger charge is -2.31. The number of aromatic hydroxyl groups is 1. The predicted molar refractivity (Wildman–Crippen MR) is 120 cm³/mol. The Morgan fingerprint density at radius 3 is 2.37 bits per heavy atom. The first-order valence-corrected chi connectivity index (χ1v) is 10.8. The third kappa shape index (κ3) is 4.93. The van der Waals surface area contributed by atoms with Crippen LogP contribution in [0, 0.1) is 0 Å². The van der Waals surface area contributed by atoms with Gasteiger partial charge in [0.05, 0.1) is 13.3 Å². The Morgan fingerprint density at radius 1 is 0.967 bits per heavy atom. The second-order valence-electron chi connectivity index (χ2n) is 7.81. The van der Waals surface area contributed by atoms with E-state index in [1.165, 1.54) is 45.6 Å². The van der Waals surface area contributed by atoms with Crippen molar-refractivity contribution in [3.63, 3.8) is 0 Å². The molecule has 1 aromatic heterocycles. The van der Waals surface area contributed by atoms with Gasteiger partial charge < -0.3 is 19.6 Å². The summed E-state index contributed by atoms with van der Waals surface area (Å²) in [6, 6.07) is 7.08. The van der Waals surface area contributed by atoms with Crippen molar-refractivity contribution in [2.75, 3.05) is 48.5 Å². The number of nitrogens with zero attached hydrogens (tertiary/aromatic N) is 5. The highest BCUT2D eigenvalue weighted by molar-refractivity contribution is 5.81. The molecular formula is C22H30N6O2. The van der Waals surface area contributed by atoms with Gasteiger partial charge in [-0.3, -0.25) is 5.43 Å². The van der Waals surface area contributed by atoms with E-state index in [1.807, 2.05) is 6.07 Å². The molecule has 0 atom stereocenters. The lowest BCUT2D eigenvalue weighted by molar-refractivity contribution is 0.373. The first-order valence-electron chi connectivity index (χ1n) is 10.8. The summed E-state index contributed by atoms with van der Waals surface area (Å²) in [6.07, 6.45) is 9.01. The van der Waals surface area contributed by atoms with Crippen molar-refractivity contribution in [2.24, 2.45) is 5.10 Å². The number of ether oxygens (including phenoxy) is 1. The zero-order valence-electron chi connectivity index (χ0n) is 17.5. The van der Waals surface area contributed by atoms with E-state index in [2.05, 4.69) is 20.3 Å². The van der Waals surface area contributed by atoms with E-state index in [0.29, 0.717) is 11.6 Å². The maximum absolute atomic E-state index is 9.74. The zero-order valence-corrected chi connectivity index (χ0v) is 17.5. The number of hydrogen-bond acceptors (Lipinski definition) is 8. The zero-order chi connectivity index (χ0) is 20.8. The Labute approximate surface area is 177 Å². The van der Waals surface area contributed by atoms with Gasteiger partial charge in [-0.2, -0.15) is 15.1 Å². The van der Waals surface area contributed by atoms with Crippen LogP contribution in [0.2, 0.25) is 0 Å². The van der Waals surface area contributed by atoms with Crippen LogP contribution in [-0.2, 0) is 0 Å². The molecule has 160 valence electrons. The Balaban J connectivity index is 1.54. The van der Waals surface area contributed by atoms with Gasteiger partial charge in [0.25, 0.3) is 0 Å². The summed E-state index contributed by atoms with van der Waals surface area (Å²) in [5.41, 5.74) is 3.88. The average Bonchev–Trinajstić information content (AvgIpc) is 2.81. The molecule has 2 aliphatic heterocycles. The summed E-state index contributed by atoms with van der Waals surface area (Å²) in [5, 5.41) is 14.1. The molecule has 2 aromatic rings. The summed E-state index contributed by atoms with van der Waals surface area (Å²) in [6.45, 7) is 4.07. The van der Waals surface area contributed by atoms with Crippen molar-refractivity contribution in [1.82, 2.24) is 9.97 Å². The van der Waals surface area contributed by atoms with Crippen molar-refractivity contribution >= 4 is 23.8 Å². The molecule has 30 heavy (non-hydrogen) atoms. The van der Waals surface area contributed by atoms with Crippen LogP contribution in [0.5, 0.6) is 11.5 Å². The van der Waals surface area contributed by atoms with Gasteiger partial charge in [-0.25, -0.2) is 0 Å². The number of hydrogen-bond donors (Lipinski definition) is 2. The van der Waals surface area contributed by atoms with E-state index in [1.54, 1.807) is 24.4 Å². The van der Waals surface area contributed by atoms with E-state index >= 15 is 0 Å². The van der Waals surface area contributed by atoms with Crippen molar-refractivity contribution in [3.05, 3.63) is 29.8 Å². The molecule has 0 aliphatic carbocycles. The van der Waals surface area contributed by atoms with Crippen LogP contribution in [0.1, 0.15) is 44.1 Å². The number of benzene rings is 1. The number of hydrazone groups is 1. The smallest absolute Gasteiger partial charge is 0.229 e. The fraction of sp³-hybridized carbons (Fsp3) is 0.500. The summed E-state index contributed by atoms with van der Waals surface area (Å²) in [7, 11) is 1.53. The monoisotopic (exact) mass is 410 g/mol. The molecule has 0 amide bonds. The van der Waals surface area contributed by atoms with Crippen molar-refractivity contribution in [1.29, 1.82) is 0 Å². The van der Waals surface area contributed by atoms with Crippen LogP contribution >= 0.6 is 0 Å². The lowest BCUT2D eigenvalue weighted by Crippen LogP contribution is -2.33. The van der Waals surface area contributed by atoms with E-state index in [0.717, 1.165) is 43.5 Å². The van der Waals surface area contributed by atoms with E-state index in [-0.39, 0.29) is 5.75 Å². The highest BCUT2D eigenvalue weighted by atomic mass is 16.5. The molecule has 2 saturated heterocycles. The fourth-order valence-electron chi connectivity index (χ4n) is 3.95. The standard InChI is InChI=1S/C22H30N6O2/c1-30-19-14-17(8-9-18(19)29)16-23-26-20-15-21(27-10-4-2-5-11-27)25-22(24-20)28-12-6-3-7-13-28/h8-9,14-16,29H,2-7,10-13H2,1H3,(H,24,25,26)/b23-16+. The van der Waals surface area contributed by atoms with Crippen molar-refractivity contribution < 1.29 is 9.84 Å². The molecule has 8 nitrogen and oxygen atoms in total. The van der Waals surface area contributed by atoms with Gasteiger partial charge in [0.15, 0.2) is 17.3 Å². The number of aromatic nitrogens is 2. The highest BCUT2D eigenvalue weighted by Gasteiger charge is 2.19. The number of nitrogens with one attached hydrogen (secondary N) is 1. The number of rotatable bonds is 6. The quantitative estimate of drug-likeness (QED) is 0.556. The Bertz CT molecular complexity index is 840. The van der Waals surface area contributed by atoms with Crippen LogP contribution in [0.4, 0.5) is 17.6 Å². The molecule has 0 unspecified atom stereocenters. The van der Waals surface area contributed by atoms with Crippen LogP contribution in [-0.4, -0.2) is 54.6 Å². The van der Waals surface area contributed by atoms with Gasteiger partial charge in [0.1, 0.15) is 5.82 Å². The second kappa shape index (κ2) is 9.65. The summed E-state index contributed by atoms with van der Waals surface area (Å²) in [5.74, 6) is 2.96. The summed E-state index contributed by atoms with van der Waals surface area (Å²) in [4.78, 5) is 14.2. The molecule has 8 heteroatoms. The largest absolute Gasteiger partial charge is 0.504 e. The molecule has 0 bridgehead atoms. The first kappa shape index (κ1) is 20.3. The molecule has 4 rings (SSSR count). The average molecular weight is 411 g/mol. The third-order valence-electron chi connectivity index (χ3n) is 5.62. The first-order chi connectivity index (χ1) is 14.7. The van der Waals surface area contributed by atoms with Crippen LogP contribution < -0.4 is 20.0 Å². The molecule has 0 spiro atoms. The van der Waals surface area contributed by atoms with Gasteiger partial charge >= 0.3 is 0 Å². The molecule has 1 aromatic carbocycles. The molecule has 0 radical (unpaired) electrons. The van der Waals surface area contributed by atoms with Gasteiger partial charge in [0.2, 0.25) is 5.95 Å². The minimum absolute atomic E-state index is 0.107. The highest BCUT2D eigenvalue weighted by Crippen LogP contribution is 2.26. The van der Waals surface area contributed by atoms with Crippen LogP contribution in [0.15, 0.2) is 29.4 Å². The van der Waals surface area contributed by atoms with Gasteiger partial charge in [-0.1, -0.05) is 0 Å². The summed E-state index contributed by atoms with van der Waals surface area (Å²) >= 11 is 0.